The summed E-state index contributed by atoms with van der Waals surface area (Å²) in [5.41, 5.74) is 1.56. The smallest absolute Gasteiger partial charge is 0.0435 e. The Morgan fingerprint density at radius 2 is 2.22 bits per heavy atom. The first-order valence-electron chi connectivity index (χ1n) is 3.70. The average molecular weight is 125 g/mol. The molecule has 52 valence electrons. The van der Waals surface area contributed by atoms with E-state index in [9.17, 15) is 0 Å². The van der Waals surface area contributed by atoms with Crippen LogP contribution in [0.2, 0.25) is 0 Å². The highest BCUT2D eigenvalue weighted by Gasteiger charge is 2.32. The third kappa shape index (κ3) is 1.33. The Bertz CT molecular complexity index is 127. The van der Waals surface area contributed by atoms with Crippen molar-refractivity contribution >= 4 is 0 Å². The summed E-state index contributed by atoms with van der Waals surface area (Å²) < 4.78 is 0. The van der Waals surface area contributed by atoms with E-state index in [1.54, 1.807) is 5.57 Å². The molecule has 0 aromatic rings. The van der Waals surface area contributed by atoms with Crippen LogP contribution in [0.25, 0.3) is 0 Å². The maximum atomic E-state index is 3.37. The second kappa shape index (κ2) is 2.53. The minimum absolute atomic E-state index is 0.708. The molecule has 1 nitrogen and oxygen atoms in total. The van der Waals surface area contributed by atoms with Gasteiger partial charge in [-0.1, -0.05) is 18.6 Å². The third-order valence-corrected chi connectivity index (χ3v) is 2.01. The predicted octanol–water partition coefficient (Wildman–Crippen LogP) is 1.70. The highest BCUT2D eigenvalue weighted by molar-refractivity contribution is 5.20. The SMILES string of the molecule is C/C=C(\CC)C1N[C@H]1C. The van der Waals surface area contributed by atoms with Crippen molar-refractivity contribution in [1.82, 2.24) is 5.32 Å². The fourth-order valence-electron chi connectivity index (χ4n) is 1.26. The van der Waals surface area contributed by atoms with Crippen LogP contribution < -0.4 is 5.32 Å². The van der Waals surface area contributed by atoms with E-state index in [1.165, 1.54) is 6.42 Å². The summed E-state index contributed by atoms with van der Waals surface area (Å²) in [7, 11) is 0. The molecular formula is C8H15N. The monoisotopic (exact) mass is 125 g/mol. The normalized spacial score (nSPS) is 34.8. The molecule has 0 radical (unpaired) electrons. The van der Waals surface area contributed by atoms with Crippen LogP contribution in [0, 0.1) is 0 Å². The summed E-state index contributed by atoms with van der Waals surface area (Å²) in [6, 6.07) is 1.44. The van der Waals surface area contributed by atoms with Gasteiger partial charge in [0.05, 0.1) is 0 Å². The molecule has 0 saturated carbocycles. The lowest BCUT2D eigenvalue weighted by molar-refractivity contribution is 0.958. The van der Waals surface area contributed by atoms with Gasteiger partial charge in [-0.15, -0.1) is 0 Å². The molecule has 0 amide bonds. The van der Waals surface area contributed by atoms with Gasteiger partial charge in [0.2, 0.25) is 0 Å². The van der Waals surface area contributed by atoms with Gasteiger partial charge in [-0.05, 0) is 20.3 Å². The molecule has 1 heterocycles. The van der Waals surface area contributed by atoms with E-state index in [-0.39, 0.29) is 0 Å². The first-order chi connectivity index (χ1) is 4.29. The quantitative estimate of drug-likeness (QED) is 0.440. The zero-order valence-corrected chi connectivity index (χ0v) is 6.44. The van der Waals surface area contributed by atoms with Crippen molar-refractivity contribution in [2.45, 2.75) is 39.3 Å². The number of hydrogen-bond acceptors (Lipinski definition) is 1. The van der Waals surface area contributed by atoms with E-state index in [1.807, 2.05) is 0 Å². The molecule has 1 aliphatic rings. The van der Waals surface area contributed by atoms with Crippen LogP contribution in [0.15, 0.2) is 11.6 Å². The Labute approximate surface area is 57.1 Å². The molecule has 0 aromatic carbocycles. The van der Waals surface area contributed by atoms with Crippen LogP contribution in [0.1, 0.15) is 27.2 Å². The fourth-order valence-corrected chi connectivity index (χ4v) is 1.26. The second-order valence-corrected chi connectivity index (χ2v) is 2.65. The van der Waals surface area contributed by atoms with Gasteiger partial charge in [0.15, 0.2) is 0 Å². The third-order valence-electron chi connectivity index (χ3n) is 2.01. The zero-order chi connectivity index (χ0) is 6.85. The average Bonchev–Trinajstić information content (AvgIpc) is 2.51. The van der Waals surface area contributed by atoms with Gasteiger partial charge < -0.3 is 5.32 Å². The molecule has 1 saturated heterocycles. The largest absolute Gasteiger partial charge is 0.304 e. The van der Waals surface area contributed by atoms with Gasteiger partial charge >= 0.3 is 0 Å². The molecule has 1 unspecified atom stereocenters. The summed E-state index contributed by atoms with van der Waals surface area (Å²) >= 11 is 0. The van der Waals surface area contributed by atoms with Crippen LogP contribution in [0.5, 0.6) is 0 Å². The summed E-state index contributed by atoms with van der Waals surface area (Å²) in [4.78, 5) is 0. The lowest BCUT2D eigenvalue weighted by atomic mass is 10.1. The van der Waals surface area contributed by atoms with E-state index >= 15 is 0 Å². The second-order valence-electron chi connectivity index (χ2n) is 2.65. The maximum Gasteiger partial charge on any atom is 0.0435 e. The van der Waals surface area contributed by atoms with Crippen LogP contribution in [0.4, 0.5) is 0 Å². The van der Waals surface area contributed by atoms with Crippen LogP contribution >= 0.6 is 0 Å². The lowest BCUT2D eigenvalue weighted by Crippen LogP contribution is -1.95. The van der Waals surface area contributed by atoms with Crippen LogP contribution in [0.3, 0.4) is 0 Å². The highest BCUT2D eigenvalue weighted by atomic mass is 15.1. The Hall–Kier alpha value is -0.300. The maximum absolute atomic E-state index is 3.37. The first kappa shape index (κ1) is 6.81. The summed E-state index contributed by atoms with van der Waals surface area (Å²) in [6.45, 7) is 6.55. The topological polar surface area (TPSA) is 21.9 Å². The van der Waals surface area contributed by atoms with E-state index in [0.29, 0.717) is 6.04 Å². The van der Waals surface area contributed by atoms with Gasteiger partial charge in [0.1, 0.15) is 0 Å². The molecule has 1 heteroatoms. The van der Waals surface area contributed by atoms with Crippen molar-refractivity contribution in [1.29, 1.82) is 0 Å². The Morgan fingerprint density at radius 1 is 1.67 bits per heavy atom. The molecule has 2 atom stereocenters. The highest BCUT2D eigenvalue weighted by Crippen LogP contribution is 2.21. The Morgan fingerprint density at radius 3 is 2.33 bits per heavy atom. The summed E-state index contributed by atoms with van der Waals surface area (Å²) in [5, 5.41) is 3.37. The minimum Gasteiger partial charge on any atom is -0.304 e. The van der Waals surface area contributed by atoms with Gasteiger partial charge in [-0.2, -0.15) is 0 Å². The fraction of sp³-hybridized carbons (Fsp3) is 0.750. The molecule has 9 heavy (non-hydrogen) atoms. The molecule has 1 N–H and O–H groups in total. The number of nitrogens with one attached hydrogen (secondary N) is 1. The van der Waals surface area contributed by atoms with Crippen molar-refractivity contribution in [2.24, 2.45) is 0 Å². The Kier molecular flexibility index (Phi) is 1.91. The van der Waals surface area contributed by atoms with Crippen molar-refractivity contribution in [3.8, 4) is 0 Å². The van der Waals surface area contributed by atoms with E-state index in [2.05, 4.69) is 32.2 Å². The standard InChI is InChI=1S/C8H15N/c1-4-7(5-2)8-6(3)9-8/h4,6,8-9H,5H2,1-3H3/b7-4+/t6-,8?/m0/s1. The number of hydrogen-bond donors (Lipinski definition) is 1. The predicted molar refractivity (Wildman–Crippen MR) is 40.4 cm³/mol. The van der Waals surface area contributed by atoms with Crippen molar-refractivity contribution < 1.29 is 0 Å². The molecule has 0 aliphatic carbocycles. The van der Waals surface area contributed by atoms with Crippen molar-refractivity contribution in [2.75, 3.05) is 0 Å². The molecule has 0 aromatic heterocycles. The van der Waals surface area contributed by atoms with E-state index in [4.69, 9.17) is 0 Å². The molecule has 1 fully saturated rings. The van der Waals surface area contributed by atoms with Crippen molar-refractivity contribution in [3.63, 3.8) is 0 Å². The molecule has 0 spiro atoms. The van der Waals surface area contributed by atoms with Gasteiger partial charge in [-0.3, -0.25) is 0 Å². The lowest BCUT2D eigenvalue weighted by Gasteiger charge is -1.96. The van der Waals surface area contributed by atoms with Crippen LogP contribution in [-0.2, 0) is 0 Å². The summed E-state index contributed by atoms with van der Waals surface area (Å²) in [6.07, 6.45) is 3.42. The zero-order valence-electron chi connectivity index (χ0n) is 6.44. The van der Waals surface area contributed by atoms with Crippen LogP contribution in [-0.4, -0.2) is 12.1 Å². The van der Waals surface area contributed by atoms with Gasteiger partial charge in [0, 0.05) is 12.1 Å². The molecule has 1 aliphatic heterocycles. The van der Waals surface area contributed by atoms with E-state index in [0.717, 1.165) is 6.04 Å². The summed E-state index contributed by atoms with van der Waals surface area (Å²) in [5.74, 6) is 0. The van der Waals surface area contributed by atoms with Gasteiger partial charge in [0.25, 0.3) is 0 Å². The number of allylic oxidation sites excluding steroid dienone is 1. The number of rotatable bonds is 2. The Balaban J connectivity index is 2.41. The van der Waals surface area contributed by atoms with Crippen molar-refractivity contribution in [3.05, 3.63) is 11.6 Å². The van der Waals surface area contributed by atoms with Gasteiger partial charge in [-0.25, -0.2) is 0 Å². The minimum atomic E-state index is 0.708. The van der Waals surface area contributed by atoms with E-state index < -0.39 is 0 Å². The molecule has 1 rings (SSSR count). The first-order valence-corrected chi connectivity index (χ1v) is 3.70. The molecular weight excluding hydrogens is 110 g/mol. The molecule has 0 bridgehead atoms.